The molecule has 0 unspecified atom stereocenters. The molecule has 3 rings (SSSR count). The highest BCUT2D eigenvalue weighted by Gasteiger charge is 2.34. The quantitative estimate of drug-likeness (QED) is 0.876. The zero-order valence-electron chi connectivity index (χ0n) is 14.1. The van der Waals surface area contributed by atoms with E-state index in [-0.39, 0.29) is 18.1 Å². The maximum Gasteiger partial charge on any atom is 0.433 e. The van der Waals surface area contributed by atoms with Crippen molar-refractivity contribution < 1.29 is 22.7 Å². The van der Waals surface area contributed by atoms with Crippen LogP contribution in [0.25, 0.3) is 11.0 Å². The van der Waals surface area contributed by atoms with Crippen molar-refractivity contribution in [2.24, 2.45) is 0 Å². The second kappa shape index (κ2) is 6.85. The number of anilines is 2. The molecule has 2 aromatic heterocycles. The first-order valence-electron chi connectivity index (χ1n) is 8.10. The standard InChI is InChI=1S/C16H18F3N5O2/c1-2-26-15(25)24-7-5-23(6-8-24)11-9-12(16(17,18)19)21-14-10(11)3-4-13(20)22-14/h3-4,9H,2,5-8H2,1H3,(H2,20,21,22). The number of alkyl halides is 3. The molecule has 10 heteroatoms. The zero-order chi connectivity index (χ0) is 18.9. The van der Waals surface area contributed by atoms with Gasteiger partial charge in [0.15, 0.2) is 5.65 Å². The fourth-order valence-corrected chi connectivity index (χ4v) is 2.85. The van der Waals surface area contributed by atoms with E-state index in [1.165, 1.54) is 11.0 Å². The fourth-order valence-electron chi connectivity index (χ4n) is 2.85. The number of rotatable bonds is 2. The number of pyridine rings is 2. The molecule has 0 aromatic carbocycles. The number of ether oxygens (including phenoxy) is 1. The molecule has 7 nitrogen and oxygen atoms in total. The van der Waals surface area contributed by atoms with E-state index in [1.54, 1.807) is 17.9 Å². The van der Waals surface area contributed by atoms with Crippen molar-refractivity contribution >= 4 is 28.6 Å². The highest BCUT2D eigenvalue weighted by atomic mass is 19.4. The second-order valence-corrected chi connectivity index (χ2v) is 5.80. The van der Waals surface area contributed by atoms with Gasteiger partial charge in [-0.2, -0.15) is 13.2 Å². The monoisotopic (exact) mass is 369 g/mol. The molecule has 0 radical (unpaired) electrons. The summed E-state index contributed by atoms with van der Waals surface area (Å²) in [6, 6.07) is 4.15. The minimum Gasteiger partial charge on any atom is -0.450 e. The van der Waals surface area contributed by atoms with Crippen molar-refractivity contribution in [3.63, 3.8) is 0 Å². The summed E-state index contributed by atoms with van der Waals surface area (Å²) in [6.07, 6.45) is -5.01. The third kappa shape index (κ3) is 3.58. The van der Waals surface area contributed by atoms with Crippen molar-refractivity contribution in [3.05, 3.63) is 23.9 Å². The zero-order valence-corrected chi connectivity index (χ0v) is 14.1. The Balaban J connectivity index is 1.93. The Morgan fingerprint density at radius 1 is 1.23 bits per heavy atom. The molecule has 0 bridgehead atoms. The highest BCUT2D eigenvalue weighted by molar-refractivity contribution is 5.90. The number of carbonyl (C=O) groups excluding carboxylic acids is 1. The van der Waals surface area contributed by atoms with Gasteiger partial charge in [-0.05, 0) is 25.1 Å². The molecule has 1 aliphatic rings. The Bertz CT molecular complexity index is 819. The van der Waals surface area contributed by atoms with Gasteiger partial charge in [-0.1, -0.05) is 0 Å². The van der Waals surface area contributed by atoms with Crippen molar-refractivity contribution in [2.45, 2.75) is 13.1 Å². The molecule has 0 saturated carbocycles. The molecule has 2 aromatic rings. The van der Waals surface area contributed by atoms with Gasteiger partial charge in [0.25, 0.3) is 0 Å². The molecule has 0 atom stereocenters. The van der Waals surface area contributed by atoms with Gasteiger partial charge >= 0.3 is 12.3 Å². The van der Waals surface area contributed by atoms with Crippen LogP contribution < -0.4 is 10.6 Å². The molecular weight excluding hydrogens is 351 g/mol. The van der Waals surface area contributed by atoms with Gasteiger partial charge in [0.1, 0.15) is 11.5 Å². The minimum absolute atomic E-state index is 0.0531. The van der Waals surface area contributed by atoms with E-state index in [2.05, 4.69) is 9.97 Å². The van der Waals surface area contributed by atoms with Crippen LogP contribution in [0.3, 0.4) is 0 Å². The molecule has 0 aliphatic carbocycles. The summed E-state index contributed by atoms with van der Waals surface area (Å²) in [5, 5.41) is 0.483. The van der Waals surface area contributed by atoms with Crippen molar-refractivity contribution in [3.8, 4) is 0 Å². The van der Waals surface area contributed by atoms with E-state index < -0.39 is 18.0 Å². The van der Waals surface area contributed by atoms with E-state index in [1.807, 2.05) is 0 Å². The summed E-state index contributed by atoms with van der Waals surface area (Å²) in [7, 11) is 0. The minimum atomic E-state index is -4.60. The van der Waals surface area contributed by atoms with Gasteiger partial charge in [0, 0.05) is 31.6 Å². The number of piperazine rings is 1. The Morgan fingerprint density at radius 2 is 1.92 bits per heavy atom. The average Bonchev–Trinajstić information content (AvgIpc) is 2.60. The van der Waals surface area contributed by atoms with Crippen molar-refractivity contribution in [1.29, 1.82) is 0 Å². The van der Waals surface area contributed by atoms with Crippen LogP contribution in [0.1, 0.15) is 12.6 Å². The summed E-state index contributed by atoms with van der Waals surface area (Å²) < 4.78 is 44.6. The number of carbonyl (C=O) groups is 1. The smallest absolute Gasteiger partial charge is 0.433 e. The SMILES string of the molecule is CCOC(=O)N1CCN(c2cc(C(F)(F)F)nc3nc(N)ccc23)CC1. The van der Waals surface area contributed by atoms with Crippen molar-refractivity contribution in [2.75, 3.05) is 43.4 Å². The molecule has 1 amide bonds. The van der Waals surface area contributed by atoms with Gasteiger partial charge < -0.3 is 20.3 Å². The Kier molecular flexibility index (Phi) is 4.75. The molecule has 1 fully saturated rings. The van der Waals surface area contributed by atoms with Gasteiger partial charge in [0.2, 0.25) is 0 Å². The van der Waals surface area contributed by atoms with Crippen LogP contribution in [-0.4, -0.2) is 53.7 Å². The van der Waals surface area contributed by atoms with Crippen LogP contribution in [0, 0.1) is 0 Å². The molecule has 1 saturated heterocycles. The van der Waals surface area contributed by atoms with Gasteiger partial charge in [-0.3, -0.25) is 0 Å². The van der Waals surface area contributed by atoms with E-state index >= 15 is 0 Å². The fraction of sp³-hybridized carbons (Fsp3) is 0.438. The Morgan fingerprint density at radius 3 is 2.54 bits per heavy atom. The summed E-state index contributed by atoms with van der Waals surface area (Å²) >= 11 is 0. The van der Waals surface area contributed by atoms with Crippen LogP contribution in [0.4, 0.5) is 29.5 Å². The van der Waals surface area contributed by atoms with Crippen LogP contribution >= 0.6 is 0 Å². The van der Waals surface area contributed by atoms with E-state index in [9.17, 15) is 18.0 Å². The lowest BCUT2D eigenvalue weighted by atomic mass is 10.1. The average molecular weight is 369 g/mol. The highest BCUT2D eigenvalue weighted by Crippen LogP contribution is 2.34. The molecule has 1 aliphatic heterocycles. The molecule has 0 spiro atoms. The van der Waals surface area contributed by atoms with Gasteiger partial charge in [-0.15, -0.1) is 0 Å². The molecule has 140 valence electrons. The maximum absolute atomic E-state index is 13.2. The lowest BCUT2D eigenvalue weighted by Crippen LogP contribution is -2.49. The van der Waals surface area contributed by atoms with E-state index in [4.69, 9.17) is 10.5 Å². The molecule has 26 heavy (non-hydrogen) atoms. The van der Waals surface area contributed by atoms with Crippen LogP contribution in [0.2, 0.25) is 0 Å². The summed E-state index contributed by atoms with van der Waals surface area (Å²) in [6.45, 7) is 3.45. The summed E-state index contributed by atoms with van der Waals surface area (Å²) in [5.74, 6) is 0.0994. The number of fused-ring (bicyclic) bond motifs is 1. The number of amides is 1. The Hall–Kier alpha value is -2.78. The summed E-state index contributed by atoms with van der Waals surface area (Å²) in [4.78, 5) is 22.6. The van der Waals surface area contributed by atoms with E-state index in [0.29, 0.717) is 37.3 Å². The van der Waals surface area contributed by atoms with Crippen LogP contribution in [0.5, 0.6) is 0 Å². The number of halogens is 3. The number of hydrogen-bond acceptors (Lipinski definition) is 6. The lowest BCUT2D eigenvalue weighted by Gasteiger charge is -2.36. The second-order valence-electron chi connectivity index (χ2n) is 5.80. The first kappa shape index (κ1) is 18.0. The van der Waals surface area contributed by atoms with Crippen molar-refractivity contribution in [1.82, 2.24) is 14.9 Å². The third-order valence-corrected chi connectivity index (χ3v) is 4.11. The topological polar surface area (TPSA) is 84.6 Å². The van der Waals surface area contributed by atoms with Gasteiger partial charge in [-0.25, -0.2) is 14.8 Å². The number of aromatic nitrogens is 2. The molecule has 3 heterocycles. The largest absolute Gasteiger partial charge is 0.450 e. The number of nitrogen functional groups attached to an aromatic ring is 1. The van der Waals surface area contributed by atoms with Crippen LogP contribution in [0.15, 0.2) is 18.2 Å². The molecular formula is C16H18F3N5O2. The number of hydrogen-bond donors (Lipinski definition) is 1. The predicted molar refractivity (Wildman–Crippen MR) is 89.8 cm³/mol. The first-order valence-corrected chi connectivity index (χ1v) is 8.10. The normalized spacial score (nSPS) is 15.4. The maximum atomic E-state index is 13.2. The number of nitrogens with zero attached hydrogens (tertiary/aromatic N) is 4. The van der Waals surface area contributed by atoms with Crippen LogP contribution in [-0.2, 0) is 10.9 Å². The first-order chi connectivity index (χ1) is 12.3. The Labute approximate surface area is 147 Å². The summed E-state index contributed by atoms with van der Waals surface area (Å²) in [5.41, 5.74) is 4.89. The lowest BCUT2D eigenvalue weighted by molar-refractivity contribution is -0.140. The third-order valence-electron chi connectivity index (χ3n) is 4.11. The van der Waals surface area contributed by atoms with Gasteiger partial charge in [0.05, 0.1) is 12.3 Å². The number of nitrogens with two attached hydrogens (primary N) is 1. The van der Waals surface area contributed by atoms with E-state index in [0.717, 1.165) is 6.07 Å². The molecule has 2 N–H and O–H groups in total. The predicted octanol–water partition coefficient (Wildman–Crippen LogP) is 2.51.